The van der Waals surface area contributed by atoms with Crippen LogP contribution in [-0.4, -0.2) is 21.4 Å². The zero-order chi connectivity index (χ0) is 17.3. The van der Waals surface area contributed by atoms with E-state index in [1.54, 1.807) is 6.20 Å². The van der Waals surface area contributed by atoms with Gasteiger partial charge < -0.3 is 5.32 Å². The molecule has 5 heteroatoms. The number of nitrogens with zero attached hydrogens (tertiary/aromatic N) is 2. The summed E-state index contributed by atoms with van der Waals surface area (Å²) in [4.78, 5) is 22.1. The second-order valence-corrected chi connectivity index (χ2v) is 8.72. The predicted molar refractivity (Wildman–Crippen MR) is 95.7 cm³/mol. The Hall–Kier alpha value is -1.75. The van der Waals surface area contributed by atoms with Crippen LogP contribution in [0, 0.1) is 12.3 Å². The van der Waals surface area contributed by atoms with E-state index < -0.39 is 0 Å². The van der Waals surface area contributed by atoms with E-state index in [0.29, 0.717) is 4.88 Å². The molecular formula is C18H25N3OS. The Morgan fingerprint density at radius 2 is 1.91 bits per heavy atom. The lowest BCUT2D eigenvalue weighted by Crippen LogP contribution is -2.45. The van der Waals surface area contributed by atoms with Crippen LogP contribution in [0.1, 0.15) is 56.4 Å². The number of aryl methyl sites for hydroxylation is 1. The highest BCUT2D eigenvalue weighted by molar-refractivity contribution is 7.17. The quantitative estimate of drug-likeness (QED) is 0.900. The van der Waals surface area contributed by atoms with Gasteiger partial charge in [-0.05, 0) is 44.7 Å². The first kappa shape index (κ1) is 17.6. The van der Waals surface area contributed by atoms with E-state index in [-0.39, 0.29) is 16.9 Å². The number of thiazole rings is 1. The number of rotatable bonds is 4. The fourth-order valence-electron chi connectivity index (χ4n) is 2.94. The van der Waals surface area contributed by atoms with Crippen LogP contribution in [0.4, 0.5) is 0 Å². The van der Waals surface area contributed by atoms with Gasteiger partial charge in [-0.25, -0.2) is 4.98 Å². The van der Waals surface area contributed by atoms with Crippen molar-refractivity contribution >= 4 is 17.2 Å². The first-order valence-electron chi connectivity index (χ1n) is 7.79. The lowest BCUT2D eigenvalue weighted by atomic mass is 9.82. The van der Waals surface area contributed by atoms with Gasteiger partial charge in [-0.3, -0.25) is 9.78 Å². The highest BCUT2D eigenvalue weighted by Gasteiger charge is 2.28. The topological polar surface area (TPSA) is 54.9 Å². The summed E-state index contributed by atoms with van der Waals surface area (Å²) >= 11 is 1.39. The normalized spacial score (nSPS) is 12.3. The summed E-state index contributed by atoms with van der Waals surface area (Å²) in [5, 5.41) is 3.93. The van der Waals surface area contributed by atoms with Crippen molar-refractivity contribution in [3.63, 3.8) is 0 Å². The molecule has 2 aromatic heterocycles. The highest BCUT2D eigenvalue weighted by Crippen LogP contribution is 2.29. The Kier molecular flexibility index (Phi) is 4.90. The van der Waals surface area contributed by atoms with Gasteiger partial charge in [0.25, 0.3) is 5.91 Å². The lowest BCUT2D eigenvalue weighted by Gasteiger charge is -2.33. The van der Waals surface area contributed by atoms with Gasteiger partial charge in [-0.2, -0.15) is 0 Å². The predicted octanol–water partition coefficient (Wildman–Crippen LogP) is 4.46. The Balaban J connectivity index is 2.19. The molecule has 0 saturated carbocycles. The van der Waals surface area contributed by atoms with Crippen LogP contribution < -0.4 is 5.32 Å². The summed E-state index contributed by atoms with van der Waals surface area (Å²) in [6.07, 6.45) is 2.63. The first-order valence-corrected chi connectivity index (χ1v) is 8.60. The highest BCUT2D eigenvalue weighted by atomic mass is 32.1. The molecular weight excluding hydrogens is 306 g/mol. The number of nitrogens with one attached hydrogen (secondary N) is 1. The number of hydrogen-bond donors (Lipinski definition) is 1. The largest absolute Gasteiger partial charge is 0.346 e. The molecule has 0 spiro atoms. The summed E-state index contributed by atoms with van der Waals surface area (Å²) < 4.78 is 0. The first-order chi connectivity index (χ1) is 10.6. The van der Waals surface area contributed by atoms with Crippen LogP contribution in [0.2, 0.25) is 0 Å². The van der Waals surface area contributed by atoms with Gasteiger partial charge in [0, 0.05) is 11.7 Å². The van der Waals surface area contributed by atoms with Crippen LogP contribution in [0.3, 0.4) is 0 Å². The van der Waals surface area contributed by atoms with Gasteiger partial charge in [0.05, 0.1) is 11.4 Å². The van der Waals surface area contributed by atoms with E-state index in [0.717, 1.165) is 22.8 Å². The number of amides is 1. The molecule has 0 atom stereocenters. The van der Waals surface area contributed by atoms with Crippen molar-refractivity contribution in [2.24, 2.45) is 5.41 Å². The molecule has 0 fully saturated rings. The summed E-state index contributed by atoms with van der Waals surface area (Å²) in [5.41, 5.74) is 1.43. The number of pyridine rings is 1. The van der Waals surface area contributed by atoms with Crippen LogP contribution in [0.5, 0.6) is 0 Å². The molecule has 0 radical (unpaired) electrons. The van der Waals surface area contributed by atoms with E-state index >= 15 is 0 Å². The standard InChI is InChI=1S/C18H25N3OS/c1-12-14(15(22)21-18(5,6)11-17(2,3)4)23-16(20-12)13-9-7-8-10-19-13/h7-10H,11H2,1-6H3,(H,21,22). The van der Waals surface area contributed by atoms with Crippen LogP contribution in [-0.2, 0) is 0 Å². The molecule has 124 valence electrons. The molecule has 0 bridgehead atoms. The minimum atomic E-state index is -0.267. The molecule has 23 heavy (non-hydrogen) atoms. The molecule has 2 heterocycles. The molecule has 0 aliphatic heterocycles. The summed E-state index contributed by atoms with van der Waals surface area (Å²) in [6.45, 7) is 12.5. The zero-order valence-electron chi connectivity index (χ0n) is 14.7. The van der Waals surface area contributed by atoms with E-state index in [9.17, 15) is 4.79 Å². The monoisotopic (exact) mass is 331 g/mol. The number of carbonyl (C=O) groups is 1. The minimum absolute atomic E-state index is 0.0589. The third kappa shape index (κ3) is 4.86. The molecule has 1 N–H and O–H groups in total. The molecule has 2 rings (SSSR count). The average Bonchev–Trinajstić information content (AvgIpc) is 2.78. The third-order valence-corrected chi connectivity index (χ3v) is 4.49. The van der Waals surface area contributed by atoms with Crippen LogP contribution in [0.15, 0.2) is 24.4 Å². The summed E-state index contributed by atoms with van der Waals surface area (Å²) in [7, 11) is 0. The van der Waals surface area contributed by atoms with Crippen molar-refractivity contribution in [1.82, 2.24) is 15.3 Å². The van der Waals surface area contributed by atoms with Crippen LogP contribution >= 0.6 is 11.3 Å². The Morgan fingerprint density at radius 1 is 1.22 bits per heavy atom. The number of hydrogen-bond acceptors (Lipinski definition) is 4. The molecule has 0 aliphatic rings. The van der Waals surface area contributed by atoms with E-state index in [2.05, 4.69) is 49.9 Å². The second-order valence-electron chi connectivity index (χ2n) is 7.72. The average molecular weight is 331 g/mol. The van der Waals surface area contributed by atoms with Gasteiger partial charge >= 0.3 is 0 Å². The molecule has 0 aromatic carbocycles. The third-order valence-electron chi connectivity index (χ3n) is 3.31. The van der Waals surface area contributed by atoms with Gasteiger partial charge in [-0.1, -0.05) is 26.8 Å². The molecule has 0 unspecified atom stereocenters. The van der Waals surface area contributed by atoms with Gasteiger partial charge in [0.2, 0.25) is 0 Å². The van der Waals surface area contributed by atoms with Crippen molar-refractivity contribution in [3.8, 4) is 10.7 Å². The molecule has 1 amide bonds. The van der Waals surface area contributed by atoms with Crippen molar-refractivity contribution in [2.45, 2.75) is 53.5 Å². The molecule has 4 nitrogen and oxygen atoms in total. The number of carbonyl (C=O) groups excluding carboxylic acids is 1. The smallest absolute Gasteiger partial charge is 0.263 e. The minimum Gasteiger partial charge on any atom is -0.346 e. The Morgan fingerprint density at radius 3 is 2.48 bits per heavy atom. The fraction of sp³-hybridized carbons (Fsp3) is 0.500. The van der Waals surface area contributed by atoms with Gasteiger partial charge in [-0.15, -0.1) is 11.3 Å². The van der Waals surface area contributed by atoms with Gasteiger partial charge in [0.1, 0.15) is 9.88 Å². The fourth-order valence-corrected chi connectivity index (χ4v) is 3.88. The van der Waals surface area contributed by atoms with Crippen molar-refractivity contribution in [3.05, 3.63) is 35.0 Å². The van der Waals surface area contributed by atoms with Crippen LogP contribution in [0.25, 0.3) is 10.7 Å². The van der Waals surface area contributed by atoms with Crippen molar-refractivity contribution in [2.75, 3.05) is 0 Å². The Bertz CT molecular complexity index is 684. The summed E-state index contributed by atoms with van der Waals surface area (Å²) in [6, 6.07) is 5.70. The lowest BCUT2D eigenvalue weighted by molar-refractivity contribution is 0.0895. The molecule has 0 aliphatic carbocycles. The molecule has 2 aromatic rings. The van der Waals surface area contributed by atoms with E-state index in [1.165, 1.54) is 11.3 Å². The number of aromatic nitrogens is 2. The maximum absolute atomic E-state index is 12.7. The second kappa shape index (κ2) is 6.40. The van der Waals surface area contributed by atoms with E-state index in [1.807, 2.05) is 25.1 Å². The maximum atomic E-state index is 12.7. The Labute approximate surface area is 142 Å². The maximum Gasteiger partial charge on any atom is 0.263 e. The van der Waals surface area contributed by atoms with Gasteiger partial charge in [0.15, 0.2) is 0 Å². The molecule has 0 saturated heterocycles. The zero-order valence-corrected chi connectivity index (χ0v) is 15.5. The van der Waals surface area contributed by atoms with Crippen molar-refractivity contribution < 1.29 is 4.79 Å². The van der Waals surface area contributed by atoms with Crippen molar-refractivity contribution in [1.29, 1.82) is 0 Å². The summed E-state index contributed by atoms with van der Waals surface area (Å²) in [5.74, 6) is -0.0589. The van der Waals surface area contributed by atoms with E-state index in [4.69, 9.17) is 0 Å². The SMILES string of the molecule is Cc1nc(-c2ccccn2)sc1C(=O)NC(C)(C)CC(C)(C)C.